The molecule has 0 bridgehead atoms. The van der Waals surface area contributed by atoms with Crippen molar-refractivity contribution in [2.24, 2.45) is 0 Å². The molecule has 3 rings (SSSR count). The second-order valence-corrected chi connectivity index (χ2v) is 7.03. The fraction of sp³-hybridized carbons (Fsp3) is 0.250. The van der Waals surface area contributed by atoms with Gasteiger partial charge in [-0.2, -0.15) is 0 Å². The molecule has 0 spiro atoms. The lowest BCUT2D eigenvalue weighted by atomic mass is 10.2. The number of nitrogens with zero attached hydrogens (tertiary/aromatic N) is 3. The molecule has 146 valence electrons. The number of carbonyl (C=O) groups excluding carboxylic acids is 1. The third kappa shape index (κ3) is 5.32. The molecule has 0 aliphatic rings. The number of aryl methyl sites for hydroxylation is 1. The molecule has 0 saturated heterocycles. The van der Waals surface area contributed by atoms with Gasteiger partial charge in [-0.3, -0.25) is 4.79 Å². The van der Waals surface area contributed by atoms with E-state index >= 15 is 0 Å². The first-order valence-corrected chi connectivity index (χ1v) is 9.83. The number of halogens is 1. The van der Waals surface area contributed by atoms with Crippen molar-refractivity contribution in [1.82, 2.24) is 14.8 Å². The molecule has 0 aliphatic heterocycles. The van der Waals surface area contributed by atoms with E-state index in [1.807, 2.05) is 42.7 Å². The van der Waals surface area contributed by atoms with Crippen LogP contribution in [0.5, 0.6) is 5.75 Å². The number of rotatable bonds is 8. The summed E-state index contributed by atoms with van der Waals surface area (Å²) in [6.07, 6.45) is 0. The molecule has 0 unspecified atom stereocenters. The van der Waals surface area contributed by atoms with Gasteiger partial charge in [-0.05, 0) is 50.2 Å². The van der Waals surface area contributed by atoms with E-state index in [9.17, 15) is 9.18 Å². The Bertz CT molecular complexity index is 926. The first-order valence-electron chi connectivity index (χ1n) is 8.85. The second-order valence-electron chi connectivity index (χ2n) is 6.09. The van der Waals surface area contributed by atoms with Gasteiger partial charge in [0.2, 0.25) is 5.91 Å². The highest BCUT2D eigenvalue weighted by molar-refractivity contribution is 7.99. The van der Waals surface area contributed by atoms with Gasteiger partial charge in [-0.15, -0.1) is 10.2 Å². The summed E-state index contributed by atoms with van der Waals surface area (Å²) in [4.78, 5) is 12.2. The van der Waals surface area contributed by atoms with Gasteiger partial charge in [0.05, 0.1) is 5.75 Å². The van der Waals surface area contributed by atoms with Crippen molar-refractivity contribution in [1.29, 1.82) is 0 Å². The predicted molar refractivity (Wildman–Crippen MR) is 107 cm³/mol. The van der Waals surface area contributed by atoms with Crippen LogP contribution < -0.4 is 10.1 Å². The second kappa shape index (κ2) is 9.36. The highest BCUT2D eigenvalue weighted by atomic mass is 32.2. The average Bonchev–Trinajstić information content (AvgIpc) is 3.09. The van der Waals surface area contributed by atoms with Gasteiger partial charge in [-0.25, -0.2) is 4.39 Å². The molecule has 0 saturated carbocycles. The van der Waals surface area contributed by atoms with Crippen LogP contribution in [0, 0.1) is 12.7 Å². The van der Waals surface area contributed by atoms with Crippen LogP contribution in [0.1, 0.15) is 18.3 Å². The SMILES string of the molecule is CCn1c(COc2ccc(F)cc2)nnc1SCC(=O)Nc1ccc(C)cc1. The van der Waals surface area contributed by atoms with Gasteiger partial charge in [0.25, 0.3) is 0 Å². The maximum Gasteiger partial charge on any atom is 0.234 e. The minimum absolute atomic E-state index is 0.108. The first kappa shape index (κ1) is 19.9. The zero-order valence-electron chi connectivity index (χ0n) is 15.7. The Balaban J connectivity index is 1.56. The Hall–Kier alpha value is -2.87. The summed E-state index contributed by atoms with van der Waals surface area (Å²) >= 11 is 1.32. The molecule has 1 aromatic heterocycles. The molecule has 2 aromatic carbocycles. The van der Waals surface area contributed by atoms with E-state index in [2.05, 4.69) is 15.5 Å². The zero-order chi connectivity index (χ0) is 19.9. The first-order chi connectivity index (χ1) is 13.5. The minimum atomic E-state index is -0.313. The molecule has 1 amide bonds. The van der Waals surface area contributed by atoms with Gasteiger partial charge in [0, 0.05) is 12.2 Å². The highest BCUT2D eigenvalue weighted by Crippen LogP contribution is 2.19. The fourth-order valence-electron chi connectivity index (χ4n) is 2.49. The lowest BCUT2D eigenvalue weighted by molar-refractivity contribution is -0.113. The maximum absolute atomic E-state index is 13.0. The van der Waals surface area contributed by atoms with E-state index < -0.39 is 0 Å². The largest absolute Gasteiger partial charge is 0.486 e. The molecule has 6 nitrogen and oxygen atoms in total. The molecule has 0 aliphatic carbocycles. The molecular weight excluding hydrogens is 379 g/mol. The highest BCUT2D eigenvalue weighted by Gasteiger charge is 2.14. The summed E-state index contributed by atoms with van der Waals surface area (Å²) in [5.74, 6) is 1.01. The lowest BCUT2D eigenvalue weighted by Crippen LogP contribution is -2.15. The van der Waals surface area contributed by atoms with Crippen LogP contribution in [-0.2, 0) is 17.9 Å². The quantitative estimate of drug-likeness (QED) is 0.578. The smallest absolute Gasteiger partial charge is 0.234 e. The summed E-state index contributed by atoms with van der Waals surface area (Å²) in [6, 6.07) is 13.4. The van der Waals surface area contributed by atoms with Gasteiger partial charge >= 0.3 is 0 Å². The van der Waals surface area contributed by atoms with Crippen LogP contribution in [-0.4, -0.2) is 26.4 Å². The minimum Gasteiger partial charge on any atom is -0.486 e. The van der Waals surface area contributed by atoms with E-state index in [1.165, 1.54) is 23.9 Å². The molecule has 1 N–H and O–H groups in total. The van der Waals surface area contributed by atoms with Crippen molar-refractivity contribution < 1.29 is 13.9 Å². The Labute approximate surface area is 167 Å². The maximum atomic E-state index is 13.0. The standard InChI is InChI=1S/C20H21FN4O2S/c1-3-25-18(12-27-17-10-6-15(21)7-11-17)23-24-20(25)28-13-19(26)22-16-8-4-14(2)5-9-16/h4-11H,3,12-13H2,1-2H3,(H,22,26). The number of benzene rings is 2. The molecule has 0 atom stereocenters. The number of carbonyl (C=O) groups is 1. The van der Waals surface area contributed by atoms with Crippen LogP contribution in [0.2, 0.25) is 0 Å². The van der Waals surface area contributed by atoms with E-state index in [0.29, 0.717) is 23.3 Å². The van der Waals surface area contributed by atoms with E-state index in [4.69, 9.17) is 4.74 Å². The summed E-state index contributed by atoms with van der Waals surface area (Å²) in [5.41, 5.74) is 1.90. The van der Waals surface area contributed by atoms with Gasteiger partial charge < -0.3 is 14.6 Å². The van der Waals surface area contributed by atoms with Crippen molar-refractivity contribution in [3.63, 3.8) is 0 Å². The summed E-state index contributed by atoms with van der Waals surface area (Å²) in [6.45, 7) is 4.83. The number of anilines is 1. The Morgan fingerprint density at radius 2 is 1.86 bits per heavy atom. The molecule has 28 heavy (non-hydrogen) atoms. The molecule has 0 fully saturated rings. The van der Waals surface area contributed by atoms with E-state index in [0.717, 1.165) is 11.3 Å². The van der Waals surface area contributed by atoms with Crippen molar-refractivity contribution >= 4 is 23.4 Å². The summed E-state index contributed by atoms with van der Waals surface area (Å²) in [7, 11) is 0. The molecule has 8 heteroatoms. The van der Waals surface area contributed by atoms with Crippen molar-refractivity contribution in [3.8, 4) is 5.75 Å². The number of hydrogen-bond donors (Lipinski definition) is 1. The van der Waals surface area contributed by atoms with E-state index in [1.54, 1.807) is 12.1 Å². The Morgan fingerprint density at radius 3 is 2.54 bits per heavy atom. The molecule has 0 radical (unpaired) electrons. The van der Waals surface area contributed by atoms with Crippen molar-refractivity contribution in [2.45, 2.75) is 32.2 Å². The number of nitrogens with one attached hydrogen (secondary N) is 1. The van der Waals surface area contributed by atoms with Gasteiger partial charge in [0.1, 0.15) is 18.2 Å². The number of aromatic nitrogens is 3. The van der Waals surface area contributed by atoms with Crippen LogP contribution in [0.4, 0.5) is 10.1 Å². The van der Waals surface area contributed by atoms with Crippen LogP contribution in [0.25, 0.3) is 0 Å². The zero-order valence-corrected chi connectivity index (χ0v) is 16.5. The Morgan fingerprint density at radius 1 is 1.14 bits per heavy atom. The van der Waals surface area contributed by atoms with Gasteiger partial charge in [0.15, 0.2) is 11.0 Å². The number of hydrogen-bond acceptors (Lipinski definition) is 5. The number of ether oxygens (including phenoxy) is 1. The topological polar surface area (TPSA) is 69.0 Å². The van der Waals surface area contributed by atoms with Crippen LogP contribution >= 0.6 is 11.8 Å². The predicted octanol–water partition coefficient (Wildman–Crippen LogP) is 4.06. The fourth-order valence-corrected chi connectivity index (χ4v) is 3.31. The normalized spacial score (nSPS) is 10.7. The van der Waals surface area contributed by atoms with Gasteiger partial charge in [-0.1, -0.05) is 29.5 Å². The monoisotopic (exact) mass is 400 g/mol. The lowest BCUT2D eigenvalue weighted by Gasteiger charge is -2.09. The summed E-state index contributed by atoms with van der Waals surface area (Å²) in [5, 5.41) is 11.8. The summed E-state index contributed by atoms with van der Waals surface area (Å²) < 4.78 is 20.5. The molecule has 1 heterocycles. The molecule has 3 aromatic rings. The van der Waals surface area contributed by atoms with Crippen LogP contribution in [0.15, 0.2) is 53.7 Å². The van der Waals surface area contributed by atoms with Crippen molar-refractivity contribution in [2.75, 3.05) is 11.1 Å². The van der Waals surface area contributed by atoms with Crippen LogP contribution in [0.3, 0.4) is 0 Å². The third-order valence-electron chi connectivity index (χ3n) is 3.96. The number of amides is 1. The number of thioether (sulfide) groups is 1. The average molecular weight is 400 g/mol. The third-order valence-corrected chi connectivity index (χ3v) is 4.93. The Kier molecular flexibility index (Phi) is 6.65. The van der Waals surface area contributed by atoms with E-state index in [-0.39, 0.29) is 24.1 Å². The van der Waals surface area contributed by atoms with Crippen molar-refractivity contribution in [3.05, 3.63) is 65.7 Å². The molecular formula is C20H21FN4O2S.